The van der Waals surface area contributed by atoms with Crippen LogP contribution in [0.15, 0.2) is 0 Å². The molecule has 0 bridgehead atoms. The van der Waals surface area contributed by atoms with Crippen LogP contribution in [0.3, 0.4) is 0 Å². The third-order valence-corrected chi connectivity index (χ3v) is 2.73. The maximum absolute atomic E-state index is 8.65. The van der Waals surface area contributed by atoms with Crippen molar-refractivity contribution in [3.8, 4) is 0 Å². The van der Waals surface area contributed by atoms with E-state index < -0.39 is 0 Å². The van der Waals surface area contributed by atoms with Crippen LogP contribution in [0, 0.1) is 6.92 Å². The Kier molecular flexibility index (Phi) is 4.58. The highest BCUT2D eigenvalue weighted by Crippen LogP contribution is 2.23. The Labute approximate surface area is 93.1 Å². The zero-order chi connectivity index (χ0) is 10.6. The van der Waals surface area contributed by atoms with E-state index in [0.717, 1.165) is 30.4 Å². The molecule has 0 fully saturated rings. The Morgan fingerprint density at radius 3 is 2.43 bits per heavy atom. The van der Waals surface area contributed by atoms with Gasteiger partial charge in [-0.25, -0.2) is 0 Å². The Hall–Kier alpha value is -0.380. The van der Waals surface area contributed by atoms with Gasteiger partial charge in [-0.1, -0.05) is 23.2 Å². The van der Waals surface area contributed by atoms with E-state index in [1.165, 1.54) is 0 Å². The van der Waals surface area contributed by atoms with Gasteiger partial charge in [0.15, 0.2) is 10.3 Å². The Morgan fingerprint density at radius 2 is 1.79 bits per heavy atom. The number of aliphatic hydroxyl groups is 1. The van der Waals surface area contributed by atoms with Gasteiger partial charge in [-0.3, -0.25) is 0 Å². The number of rotatable bonds is 4. The quantitative estimate of drug-likeness (QED) is 0.815. The molecule has 0 spiro atoms. The summed E-state index contributed by atoms with van der Waals surface area (Å²) in [5.74, 6) is 0. The van der Waals surface area contributed by atoms with Gasteiger partial charge in [-0.2, -0.15) is 0 Å². The molecule has 1 aromatic heterocycles. The number of aliphatic hydroxyl groups excluding tert-OH is 1. The number of halogens is 2. The first-order chi connectivity index (χ1) is 6.66. The molecule has 1 N–H and O–H groups in total. The lowest BCUT2D eigenvalue weighted by Gasteiger charge is -2.07. The van der Waals surface area contributed by atoms with E-state index in [2.05, 4.69) is 10.2 Å². The van der Waals surface area contributed by atoms with Crippen LogP contribution in [0.5, 0.6) is 0 Å². The molecule has 0 saturated carbocycles. The van der Waals surface area contributed by atoms with Crippen LogP contribution in [0.4, 0.5) is 0 Å². The largest absolute Gasteiger partial charge is 0.396 e. The molecule has 3 nitrogen and oxygen atoms in total. The molecule has 14 heavy (non-hydrogen) atoms. The first kappa shape index (κ1) is 11.7. The van der Waals surface area contributed by atoms with E-state index in [0.29, 0.717) is 10.3 Å². The van der Waals surface area contributed by atoms with E-state index in [9.17, 15) is 0 Å². The van der Waals surface area contributed by atoms with Crippen molar-refractivity contribution in [3.63, 3.8) is 0 Å². The second-order valence-electron chi connectivity index (χ2n) is 3.07. The van der Waals surface area contributed by atoms with E-state index in [1.807, 2.05) is 6.92 Å². The van der Waals surface area contributed by atoms with Crippen molar-refractivity contribution in [2.75, 3.05) is 6.61 Å². The Bertz CT molecular complexity index is 318. The number of hydrogen-bond acceptors (Lipinski definition) is 3. The molecule has 0 saturated heterocycles. The summed E-state index contributed by atoms with van der Waals surface area (Å²) in [6, 6.07) is 0. The second-order valence-corrected chi connectivity index (χ2v) is 3.78. The molecule has 0 aromatic carbocycles. The number of aromatic nitrogens is 2. The van der Waals surface area contributed by atoms with E-state index >= 15 is 0 Å². The van der Waals surface area contributed by atoms with E-state index in [1.54, 1.807) is 0 Å². The SMILES string of the molecule is Cc1c(Cl)nnc(Cl)c1CCCCO. The zero-order valence-corrected chi connectivity index (χ0v) is 9.44. The maximum atomic E-state index is 8.65. The molecule has 0 atom stereocenters. The van der Waals surface area contributed by atoms with Gasteiger partial charge in [0.2, 0.25) is 0 Å². The minimum Gasteiger partial charge on any atom is -0.396 e. The van der Waals surface area contributed by atoms with Crippen LogP contribution < -0.4 is 0 Å². The number of nitrogens with zero attached hydrogens (tertiary/aromatic N) is 2. The van der Waals surface area contributed by atoms with Crippen molar-refractivity contribution in [1.29, 1.82) is 0 Å². The molecule has 0 unspecified atom stereocenters. The van der Waals surface area contributed by atoms with Crippen molar-refractivity contribution < 1.29 is 5.11 Å². The molecule has 0 aliphatic rings. The van der Waals surface area contributed by atoms with Gasteiger partial charge in [0, 0.05) is 6.61 Å². The van der Waals surface area contributed by atoms with Gasteiger partial charge >= 0.3 is 0 Å². The standard InChI is InChI=1S/C9H12Cl2N2O/c1-6-7(4-2-3-5-14)9(11)13-12-8(6)10/h14H,2-5H2,1H3. The van der Waals surface area contributed by atoms with Gasteiger partial charge < -0.3 is 5.11 Å². The average molecular weight is 235 g/mol. The highest BCUT2D eigenvalue weighted by atomic mass is 35.5. The fourth-order valence-electron chi connectivity index (χ4n) is 1.21. The minimum atomic E-state index is 0.197. The number of unbranched alkanes of at least 4 members (excludes halogenated alkanes) is 1. The summed E-state index contributed by atoms with van der Waals surface area (Å²) in [6.45, 7) is 2.07. The Morgan fingerprint density at radius 1 is 1.14 bits per heavy atom. The van der Waals surface area contributed by atoms with Gasteiger partial charge in [0.25, 0.3) is 0 Å². The summed E-state index contributed by atoms with van der Waals surface area (Å²) in [5, 5.41) is 16.9. The average Bonchev–Trinajstić information content (AvgIpc) is 2.18. The minimum absolute atomic E-state index is 0.197. The molecular formula is C9H12Cl2N2O. The molecule has 1 rings (SSSR count). The summed E-state index contributed by atoms with van der Waals surface area (Å²) in [6.07, 6.45) is 2.41. The topological polar surface area (TPSA) is 46.0 Å². The van der Waals surface area contributed by atoms with Crippen LogP contribution >= 0.6 is 23.2 Å². The van der Waals surface area contributed by atoms with Crippen molar-refractivity contribution in [3.05, 3.63) is 21.4 Å². The van der Waals surface area contributed by atoms with Crippen molar-refractivity contribution in [1.82, 2.24) is 10.2 Å². The van der Waals surface area contributed by atoms with Crippen molar-refractivity contribution in [2.24, 2.45) is 0 Å². The third-order valence-electron chi connectivity index (χ3n) is 2.07. The van der Waals surface area contributed by atoms with Gasteiger partial charge in [-0.05, 0) is 37.3 Å². The predicted octanol–water partition coefficient (Wildman–Crippen LogP) is 2.41. The van der Waals surface area contributed by atoms with Gasteiger partial charge in [0.05, 0.1) is 0 Å². The first-order valence-corrected chi connectivity index (χ1v) is 5.20. The van der Waals surface area contributed by atoms with Crippen molar-refractivity contribution >= 4 is 23.2 Å². The molecule has 1 heterocycles. The van der Waals surface area contributed by atoms with Crippen LogP contribution in [-0.4, -0.2) is 21.9 Å². The lowest BCUT2D eigenvalue weighted by atomic mass is 10.1. The highest BCUT2D eigenvalue weighted by molar-refractivity contribution is 6.32. The van der Waals surface area contributed by atoms with Gasteiger partial charge in [-0.15, -0.1) is 10.2 Å². The Balaban J connectivity index is 2.79. The molecule has 1 aromatic rings. The normalized spacial score (nSPS) is 10.6. The monoisotopic (exact) mass is 234 g/mol. The fraction of sp³-hybridized carbons (Fsp3) is 0.556. The van der Waals surface area contributed by atoms with Crippen LogP contribution in [0.1, 0.15) is 24.0 Å². The highest BCUT2D eigenvalue weighted by Gasteiger charge is 2.09. The summed E-state index contributed by atoms with van der Waals surface area (Å²) in [7, 11) is 0. The molecule has 5 heteroatoms. The fourth-order valence-corrected chi connectivity index (χ4v) is 1.63. The molecule has 0 amide bonds. The maximum Gasteiger partial charge on any atom is 0.155 e. The van der Waals surface area contributed by atoms with E-state index in [-0.39, 0.29) is 6.61 Å². The summed E-state index contributed by atoms with van der Waals surface area (Å²) in [4.78, 5) is 0. The van der Waals surface area contributed by atoms with E-state index in [4.69, 9.17) is 28.3 Å². The zero-order valence-electron chi connectivity index (χ0n) is 7.93. The second kappa shape index (κ2) is 5.49. The first-order valence-electron chi connectivity index (χ1n) is 4.44. The summed E-state index contributed by atoms with van der Waals surface area (Å²) < 4.78 is 0. The third kappa shape index (κ3) is 2.80. The smallest absolute Gasteiger partial charge is 0.155 e. The van der Waals surface area contributed by atoms with Gasteiger partial charge in [0.1, 0.15) is 0 Å². The predicted molar refractivity (Wildman–Crippen MR) is 56.8 cm³/mol. The number of hydrogen-bond donors (Lipinski definition) is 1. The van der Waals surface area contributed by atoms with Crippen LogP contribution in [0.2, 0.25) is 10.3 Å². The summed E-state index contributed by atoms with van der Waals surface area (Å²) in [5.41, 5.74) is 1.81. The molecular weight excluding hydrogens is 223 g/mol. The summed E-state index contributed by atoms with van der Waals surface area (Å²) >= 11 is 11.7. The molecule has 78 valence electrons. The van der Waals surface area contributed by atoms with Crippen molar-refractivity contribution in [2.45, 2.75) is 26.2 Å². The lowest BCUT2D eigenvalue weighted by Crippen LogP contribution is -1.98. The van der Waals surface area contributed by atoms with Crippen LogP contribution in [-0.2, 0) is 6.42 Å². The lowest BCUT2D eigenvalue weighted by molar-refractivity contribution is 0.284. The molecule has 0 radical (unpaired) electrons. The molecule has 0 aliphatic heterocycles. The molecule has 0 aliphatic carbocycles. The van der Waals surface area contributed by atoms with Crippen LogP contribution in [0.25, 0.3) is 0 Å².